The molecule has 1 atom stereocenters. The Balaban J connectivity index is 1.95. The molecule has 0 heterocycles. The summed E-state index contributed by atoms with van der Waals surface area (Å²) in [5.41, 5.74) is 2.71. The highest BCUT2D eigenvalue weighted by atomic mass is 35.5. The number of carbonyl (C=O) groups excluding carboxylic acids is 1. The molecule has 0 aliphatic carbocycles. The highest BCUT2D eigenvalue weighted by molar-refractivity contribution is 6.35. The number of halogens is 2. The summed E-state index contributed by atoms with van der Waals surface area (Å²) in [5.74, 6) is -0.191. The molecule has 130 valence electrons. The smallest absolute Gasteiger partial charge is 0.280 e. The number of hydrogen-bond acceptors (Lipinski definition) is 5. The normalized spacial score (nSPS) is 12.0. The quantitative estimate of drug-likeness (QED) is 0.467. The molecule has 9 heteroatoms. The number of benzene rings is 2. The van der Waals surface area contributed by atoms with Crippen LogP contribution in [0.3, 0.4) is 0 Å². The molecule has 0 saturated carbocycles. The molecule has 0 saturated heterocycles. The third-order valence-corrected chi connectivity index (χ3v) is 3.57. The molecular formula is C16H13Cl2N3O4. The van der Waals surface area contributed by atoms with E-state index in [1.54, 1.807) is 18.2 Å². The van der Waals surface area contributed by atoms with Gasteiger partial charge in [0.15, 0.2) is 6.10 Å². The summed E-state index contributed by atoms with van der Waals surface area (Å²) in [5, 5.41) is 15.2. The maximum Gasteiger partial charge on any atom is 0.280 e. The molecule has 0 spiro atoms. The van der Waals surface area contributed by atoms with Gasteiger partial charge in [-0.05, 0) is 25.1 Å². The zero-order valence-corrected chi connectivity index (χ0v) is 14.5. The Kier molecular flexibility index (Phi) is 6.32. The van der Waals surface area contributed by atoms with E-state index in [-0.39, 0.29) is 10.7 Å². The SMILES string of the molecule is CC(Oc1ccc(Cl)cc1Cl)C(=O)NN=Cc1cccc([N+](=O)[O-])c1. The Bertz CT molecular complexity index is 827. The van der Waals surface area contributed by atoms with Gasteiger partial charge in [-0.15, -0.1) is 0 Å². The highest BCUT2D eigenvalue weighted by Gasteiger charge is 2.15. The van der Waals surface area contributed by atoms with Crippen LogP contribution in [0.25, 0.3) is 0 Å². The van der Waals surface area contributed by atoms with Crippen LogP contribution in [0.2, 0.25) is 10.0 Å². The van der Waals surface area contributed by atoms with Gasteiger partial charge in [0.1, 0.15) is 5.75 Å². The standard InChI is InChI=1S/C16H13Cl2N3O4/c1-10(25-15-6-5-12(17)8-14(15)18)16(22)20-19-9-11-3-2-4-13(7-11)21(23)24/h2-10H,1H3,(H,20,22). The number of rotatable bonds is 6. The van der Waals surface area contributed by atoms with Crippen molar-refractivity contribution in [1.82, 2.24) is 5.43 Å². The maximum absolute atomic E-state index is 12.0. The van der Waals surface area contributed by atoms with Crippen LogP contribution in [-0.2, 0) is 4.79 Å². The summed E-state index contributed by atoms with van der Waals surface area (Å²) in [7, 11) is 0. The molecule has 1 unspecified atom stereocenters. The van der Waals surface area contributed by atoms with Crippen molar-refractivity contribution in [2.24, 2.45) is 5.10 Å². The van der Waals surface area contributed by atoms with Crippen molar-refractivity contribution >= 4 is 41.0 Å². The zero-order valence-electron chi connectivity index (χ0n) is 13.0. The van der Waals surface area contributed by atoms with Gasteiger partial charge in [0.25, 0.3) is 11.6 Å². The van der Waals surface area contributed by atoms with E-state index in [0.717, 1.165) is 0 Å². The van der Waals surface area contributed by atoms with Crippen molar-refractivity contribution < 1.29 is 14.5 Å². The van der Waals surface area contributed by atoms with Crippen molar-refractivity contribution in [2.75, 3.05) is 0 Å². The van der Waals surface area contributed by atoms with Crippen LogP contribution in [0.1, 0.15) is 12.5 Å². The second-order valence-electron chi connectivity index (χ2n) is 4.92. The van der Waals surface area contributed by atoms with Crippen LogP contribution in [-0.4, -0.2) is 23.1 Å². The van der Waals surface area contributed by atoms with E-state index in [9.17, 15) is 14.9 Å². The van der Waals surface area contributed by atoms with Crippen molar-refractivity contribution in [3.05, 3.63) is 68.2 Å². The maximum atomic E-state index is 12.0. The van der Waals surface area contributed by atoms with E-state index in [2.05, 4.69) is 10.5 Å². The number of ether oxygens (including phenoxy) is 1. The minimum atomic E-state index is -0.860. The minimum Gasteiger partial charge on any atom is -0.479 e. The second kappa shape index (κ2) is 8.46. The van der Waals surface area contributed by atoms with Crippen molar-refractivity contribution in [3.63, 3.8) is 0 Å². The fourth-order valence-corrected chi connectivity index (χ4v) is 2.25. The summed E-state index contributed by atoms with van der Waals surface area (Å²) >= 11 is 11.8. The Morgan fingerprint density at radius 1 is 1.32 bits per heavy atom. The molecule has 2 rings (SSSR count). The largest absolute Gasteiger partial charge is 0.479 e. The molecule has 2 aromatic carbocycles. The molecule has 7 nitrogen and oxygen atoms in total. The predicted molar refractivity (Wildman–Crippen MR) is 95.4 cm³/mol. The zero-order chi connectivity index (χ0) is 18.4. The summed E-state index contributed by atoms with van der Waals surface area (Å²) in [6, 6.07) is 10.5. The summed E-state index contributed by atoms with van der Waals surface area (Å²) < 4.78 is 5.45. The minimum absolute atomic E-state index is 0.0654. The first-order valence-corrected chi connectivity index (χ1v) is 7.81. The topological polar surface area (TPSA) is 93.8 Å². The van der Waals surface area contributed by atoms with Crippen LogP contribution in [0.5, 0.6) is 5.75 Å². The number of nitrogens with one attached hydrogen (secondary N) is 1. The van der Waals surface area contributed by atoms with Crippen molar-refractivity contribution in [1.29, 1.82) is 0 Å². The number of hydrazone groups is 1. The number of nitro benzene ring substituents is 1. The number of nitrogens with zero attached hydrogens (tertiary/aromatic N) is 2. The Morgan fingerprint density at radius 2 is 2.08 bits per heavy atom. The van der Waals surface area contributed by atoms with Gasteiger partial charge in [-0.1, -0.05) is 35.3 Å². The fourth-order valence-electron chi connectivity index (χ4n) is 1.79. The van der Waals surface area contributed by atoms with Gasteiger partial charge in [-0.3, -0.25) is 14.9 Å². The van der Waals surface area contributed by atoms with Gasteiger partial charge in [0.2, 0.25) is 0 Å². The van der Waals surface area contributed by atoms with Crippen molar-refractivity contribution in [3.8, 4) is 5.75 Å². The summed E-state index contributed by atoms with van der Waals surface area (Å²) in [4.78, 5) is 22.2. The number of non-ortho nitro benzene ring substituents is 1. The lowest BCUT2D eigenvalue weighted by atomic mass is 10.2. The summed E-state index contributed by atoms with van der Waals surface area (Å²) in [6.45, 7) is 1.53. The lowest BCUT2D eigenvalue weighted by molar-refractivity contribution is -0.384. The van der Waals surface area contributed by atoms with Crippen LogP contribution in [0.15, 0.2) is 47.6 Å². The van der Waals surface area contributed by atoms with E-state index >= 15 is 0 Å². The molecule has 1 N–H and O–H groups in total. The number of carbonyl (C=O) groups is 1. The molecule has 0 aliphatic rings. The average molecular weight is 382 g/mol. The first kappa shape index (κ1) is 18.7. The molecule has 0 radical (unpaired) electrons. The van der Waals surface area contributed by atoms with Crippen LogP contribution < -0.4 is 10.2 Å². The molecule has 0 fully saturated rings. The molecule has 0 aliphatic heterocycles. The Morgan fingerprint density at radius 3 is 2.76 bits per heavy atom. The molecule has 1 amide bonds. The van der Waals surface area contributed by atoms with Gasteiger partial charge in [-0.2, -0.15) is 5.10 Å². The molecule has 2 aromatic rings. The van der Waals surface area contributed by atoms with Gasteiger partial charge in [0, 0.05) is 22.7 Å². The first-order chi connectivity index (χ1) is 11.9. The monoisotopic (exact) mass is 381 g/mol. The lowest BCUT2D eigenvalue weighted by Gasteiger charge is -2.14. The summed E-state index contributed by atoms with van der Waals surface area (Å²) in [6.07, 6.45) is 0.438. The number of nitro groups is 1. The average Bonchev–Trinajstić information content (AvgIpc) is 2.57. The van der Waals surface area contributed by atoms with E-state index < -0.39 is 16.9 Å². The Labute approximate surface area is 153 Å². The van der Waals surface area contributed by atoms with Gasteiger partial charge < -0.3 is 4.74 Å². The first-order valence-electron chi connectivity index (χ1n) is 7.06. The van der Waals surface area contributed by atoms with Gasteiger partial charge in [0.05, 0.1) is 16.2 Å². The molecule has 0 bridgehead atoms. The third kappa shape index (κ3) is 5.44. The van der Waals surface area contributed by atoms with Crippen LogP contribution in [0, 0.1) is 10.1 Å². The van der Waals surface area contributed by atoms with Gasteiger partial charge in [-0.25, -0.2) is 5.43 Å². The fraction of sp³-hybridized carbons (Fsp3) is 0.125. The van der Waals surface area contributed by atoms with Crippen LogP contribution >= 0.6 is 23.2 Å². The predicted octanol–water partition coefficient (Wildman–Crippen LogP) is 3.82. The van der Waals surface area contributed by atoms with E-state index in [4.69, 9.17) is 27.9 Å². The molecular weight excluding hydrogens is 369 g/mol. The Hall–Kier alpha value is -2.64. The third-order valence-electron chi connectivity index (χ3n) is 3.04. The highest BCUT2D eigenvalue weighted by Crippen LogP contribution is 2.28. The number of amides is 1. The second-order valence-corrected chi connectivity index (χ2v) is 5.76. The number of hydrogen-bond donors (Lipinski definition) is 1. The van der Waals surface area contributed by atoms with E-state index in [1.165, 1.54) is 37.4 Å². The molecule has 0 aromatic heterocycles. The van der Waals surface area contributed by atoms with Gasteiger partial charge >= 0.3 is 0 Å². The van der Waals surface area contributed by atoms with Crippen molar-refractivity contribution in [2.45, 2.75) is 13.0 Å². The van der Waals surface area contributed by atoms with E-state index in [1.807, 2.05) is 0 Å². The lowest BCUT2D eigenvalue weighted by Crippen LogP contribution is -2.33. The van der Waals surface area contributed by atoms with Crippen LogP contribution in [0.4, 0.5) is 5.69 Å². The van der Waals surface area contributed by atoms with E-state index in [0.29, 0.717) is 16.3 Å². The molecule has 25 heavy (non-hydrogen) atoms.